The Kier molecular flexibility index (Phi) is 5.20. The first-order chi connectivity index (χ1) is 8.96. The highest BCUT2D eigenvalue weighted by Gasteiger charge is 2.42. The Morgan fingerprint density at radius 1 is 1.25 bits per heavy atom. The van der Waals surface area contributed by atoms with Crippen LogP contribution < -0.4 is 4.72 Å². The molecule has 0 spiro atoms. The van der Waals surface area contributed by atoms with Gasteiger partial charge in [-0.2, -0.15) is 0 Å². The summed E-state index contributed by atoms with van der Waals surface area (Å²) in [5.74, 6) is -0.610. The highest BCUT2D eigenvalue weighted by Crippen LogP contribution is 2.38. The molecular weight excluding hydrogens is 306 g/mol. The molecule has 0 aromatic carbocycles. The molecule has 1 saturated carbocycles. The van der Waals surface area contributed by atoms with Crippen LogP contribution >= 0.6 is 0 Å². The van der Waals surface area contributed by atoms with E-state index in [4.69, 9.17) is 0 Å². The van der Waals surface area contributed by atoms with E-state index in [1.807, 2.05) is 6.92 Å². The molecule has 0 aromatic rings. The molecule has 1 aliphatic carbocycles. The zero-order chi connectivity index (χ0) is 15.6. The van der Waals surface area contributed by atoms with E-state index in [1.54, 1.807) is 0 Å². The van der Waals surface area contributed by atoms with Crippen LogP contribution in [0.1, 0.15) is 32.6 Å². The van der Waals surface area contributed by atoms with Gasteiger partial charge < -0.3 is 5.11 Å². The number of sulfone groups is 1. The number of aliphatic carboxylic acids is 1. The van der Waals surface area contributed by atoms with Crippen molar-refractivity contribution in [3.63, 3.8) is 0 Å². The summed E-state index contributed by atoms with van der Waals surface area (Å²) in [7, 11) is -7.71. The zero-order valence-electron chi connectivity index (χ0n) is 11.6. The monoisotopic (exact) mass is 327 g/mol. The molecule has 9 heteroatoms. The summed E-state index contributed by atoms with van der Waals surface area (Å²) >= 11 is 0. The van der Waals surface area contributed by atoms with Gasteiger partial charge in [-0.3, -0.25) is 4.79 Å². The van der Waals surface area contributed by atoms with E-state index < -0.39 is 36.3 Å². The lowest BCUT2D eigenvalue weighted by molar-refractivity contribution is -0.151. The summed E-state index contributed by atoms with van der Waals surface area (Å²) in [6.45, 7) is 1.77. The molecular formula is C11H21NO6S2. The largest absolute Gasteiger partial charge is 0.481 e. The molecule has 2 N–H and O–H groups in total. The van der Waals surface area contributed by atoms with Crippen molar-refractivity contribution in [2.75, 3.05) is 17.9 Å². The molecule has 1 fully saturated rings. The lowest BCUT2D eigenvalue weighted by atomic mass is 9.71. The highest BCUT2D eigenvalue weighted by atomic mass is 32.3. The van der Waals surface area contributed by atoms with Crippen molar-refractivity contribution in [1.82, 2.24) is 4.72 Å². The maximum absolute atomic E-state index is 11.6. The van der Waals surface area contributed by atoms with Gasteiger partial charge in [0.2, 0.25) is 10.0 Å². The SMILES string of the molecule is CC1CCC(CNS(=O)(=O)CS(C)(=O)=O)(C(=O)O)CC1. The second-order valence-corrected chi connectivity index (χ2v) is 10.1. The number of sulfonamides is 1. The fourth-order valence-electron chi connectivity index (χ4n) is 2.35. The third-order valence-electron chi connectivity index (χ3n) is 3.68. The highest BCUT2D eigenvalue weighted by molar-refractivity contribution is 8.06. The Morgan fingerprint density at radius 2 is 1.75 bits per heavy atom. The molecule has 0 bridgehead atoms. The molecule has 1 rings (SSSR count). The van der Waals surface area contributed by atoms with Crippen molar-refractivity contribution in [1.29, 1.82) is 0 Å². The molecule has 0 heterocycles. The van der Waals surface area contributed by atoms with Gasteiger partial charge in [0.05, 0.1) is 5.41 Å². The van der Waals surface area contributed by atoms with Crippen LogP contribution in [0.2, 0.25) is 0 Å². The quantitative estimate of drug-likeness (QED) is 0.719. The van der Waals surface area contributed by atoms with Crippen molar-refractivity contribution < 1.29 is 26.7 Å². The minimum Gasteiger partial charge on any atom is -0.481 e. The minimum atomic E-state index is -4.03. The van der Waals surface area contributed by atoms with Crippen LogP contribution in [-0.4, -0.2) is 45.8 Å². The Morgan fingerprint density at radius 3 is 2.15 bits per heavy atom. The van der Waals surface area contributed by atoms with Gasteiger partial charge in [-0.05, 0) is 31.6 Å². The van der Waals surface area contributed by atoms with E-state index in [0.717, 1.165) is 19.1 Å². The van der Waals surface area contributed by atoms with Crippen LogP contribution in [0.25, 0.3) is 0 Å². The summed E-state index contributed by atoms with van der Waals surface area (Å²) in [5.41, 5.74) is -1.13. The van der Waals surface area contributed by atoms with Crippen LogP contribution in [0, 0.1) is 11.3 Å². The van der Waals surface area contributed by atoms with Crippen LogP contribution in [-0.2, 0) is 24.7 Å². The first-order valence-corrected chi connectivity index (χ1v) is 10.1. The summed E-state index contributed by atoms with van der Waals surface area (Å²) in [5, 5.41) is 8.33. The Balaban J connectivity index is 2.76. The third kappa shape index (κ3) is 5.02. The molecule has 7 nitrogen and oxygen atoms in total. The summed E-state index contributed by atoms with van der Waals surface area (Å²) < 4.78 is 47.4. The first kappa shape index (κ1) is 17.4. The average Bonchev–Trinajstić information content (AvgIpc) is 2.25. The summed E-state index contributed by atoms with van der Waals surface area (Å²) in [4.78, 5) is 11.4. The maximum atomic E-state index is 11.6. The molecule has 20 heavy (non-hydrogen) atoms. The Bertz CT molecular complexity index is 558. The van der Waals surface area contributed by atoms with E-state index in [1.165, 1.54) is 0 Å². The maximum Gasteiger partial charge on any atom is 0.310 e. The second-order valence-electron chi connectivity index (χ2n) is 5.75. The van der Waals surface area contributed by atoms with Gasteiger partial charge >= 0.3 is 5.97 Å². The smallest absolute Gasteiger partial charge is 0.310 e. The van der Waals surface area contributed by atoms with Gasteiger partial charge in [-0.25, -0.2) is 21.6 Å². The number of hydrogen-bond donors (Lipinski definition) is 2. The molecule has 118 valence electrons. The van der Waals surface area contributed by atoms with E-state index in [0.29, 0.717) is 18.8 Å². The topological polar surface area (TPSA) is 118 Å². The molecule has 0 radical (unpaired) electrons. The fourth-order valence-corrected chi connectivity index (χ4v) is 5.44. The van der Waals surface area contributed by atoms with Crippen LogP contribution in [0.15, 0.2) is 0 Å². The summed E-state index contributed by atoms with van der Waals surface area (Å²) in [6.07, 6.45) is 3.05. The predicted octanol–water partition coefficient (Wildman–Crippen LogP) is 0.189. The van der Waals surface area contributed by atoms with Crippen molar-refractivity contribution in [3.8, 4) is 0 Å². The standard InChI is InChI=1S/C11H21NO6S2/c1-9-3-5-11(6-4-9,10(13)14)7-12-20(17,18)8-19(2,15)16/h9,12H,3-8H2,1-2H3,(H,13,14). The summed E-state index contributed by atoms with van der Waals surface area (Å²) in [6, 6.07) is 0. The van der Waals surface area contributed by atoms with Crippen LogP contribution in [0.5, 0.6) is 0 Å². The van der Waals surface area contributed by atoms with Gasteiger partial charge in [0.15, 0.2) is 14.9 Å². The molecule has 1 aliphatic rings. The molecule has 0 unspecified atom stereocenters. The van der Waals surface area contributed by atoms with Gasteiger partial charge in [-0.1, -0.05) is 6.92 Å². The lowest BCUT2D eigenvalue weighted by Gasteiger charge is -2.35. The van der Waals surface area contributed by atoms with E-state index in [9.17, 15) is 26.7 Å². The molecule has 0 aliphatic heterocycles. The molecule has 0 amide bonds. The number of carboxylic acid groups (broad SMARTS) is 1. The molecule has 0 saturated heterocycles. The second kappa shape index (κ2) is 5.98. The number of nitrogens with one attached hydrogen (secondary N) is 1. The van der Waals surface area contributed by atoms with Crippen LogP contribution in [0.4, 0.5) is 0 Å². The van der Waals surface area contributed by atoms with Crippen molar-refractivity contribution in [3.05, 3.63) is 0 Å². The number of hydrogen-bond acceptors (Lipinski definition) is 5. The normalized spacial score (nSPS) is 28.2. The van der Waals surface area contributed by atoms with Crippen molar-refractivity contribution in [2.45, 2.75) is 32.6 Å². The van der Waals surface area contributed by atoms with Gasteiger partial charge in [0, 0.05) is 12.8 Å². The van der Waals surface area contributed by atoms with E-state index >= 15 is 0 Å². The van der Waals surface area contributed by atoms with Gasteiger partial charge in [0.25, 0.3) is 0 Å². The van der Waals surface area contributed by atoms with Crippen molar-refractivity contribution in [2.24, 2.45) is 11.3 Å². The Hall–Kier alpha value is -0.670. The number of carbonyl (C=O) groups is 1. The fraction of sp³-hybridized carbons (Fsp3) is 0.909. The van der Waals surface area contributed by atoms with E-state index in [2.05, 4.69) is 4.72 Å². The zero-order valence-corrected chi connectivity index (χ0v) is 13.3. The van der Waals surface area contributed by atoms with Crippen molar-refractivity contribution >= 4 is 25.8 Å². The molecule has 0 aromatic heterocycles. The average molecular weight is 327 g/mol. The van der Waals surface area contributed by atoms with Gasteiger partial charge in [-0.15, -0.1) is 0 Å². The van der Waals surface area contributed by atoms with Crippen LogP contribution in [0.3, 0.4) is 0 Å². The lowest BCUT2D eigenvalue weighted by Crippen LogP contribution is -2.46. The number of carboxylic acids is 1. The molecule has 0 atom stereocenters. The third-order valence-corrected chi connectivity index (χ3v) is 7.22. The predicted molar refractivity (Wildman–Crippen MR) is 74.3 cm³/mol. The van der Waals surface area contributed by atoms with Gasteiger partial charge in [0.1, 0.15) is 0 Å². The Labute approximate surface area is 119 Å². The number of rotatable bonds is 6. The van der Waals surface area contributed by atoms with E-state index in [-0.39, 0.29) is 6.54 Å². The first-order valence-electron chi connectivity index (χ1n) is 6.34. The minimum absolute atomic E-state index is 0.257.